The molecule has 0 saturated heterocycles. The highest BCUT2D eigenvalue weighted by molar-refractivity contribution is 6.13. The summed E-state index contributed by atoms with van der Waals surface area (Å²) in [4.78, 5) is 11.7. The Morgan fingerprint density at radius 2 is 2.20 bits per heavy atom. The molecule has 76 valence electrons. The molecule has 1 aliphatic heterocycles. The van der Waals surface area contributed by atoms with Crippen LogP contribution in [0.25, 0.3) is 10.9 Å². The van der Waals surface area contributed by atoms with E-state index in [-0.39, 0.29) is 12.4 Å². The second-order valence-corrected chi connectivity index (χ2v) is 3.97. The van der Waals surface area contributed by atoms with E-state index < -0.39 is 0 Å². The van der Waals surface area contributed by atoms with Crippen LogP contribution in [0.15, 0.2) is 18.3 Å². The summed E-state index contributed by atoms with van der Waals surface area (Å²) in [6.45, 7) is 2.21. The number of nitrogens with zero attached hydrogens (tertiary/aromatic N) is 1. The van der Waals surface area contributed by atoms with Gasteiger partial charge in [0.15, 0.2) is 6.61 Å². The number of hydrogen-bond donors (Lipinski definition) is 0. The maximum atomic E-state index is 11.7. The zero-order chi connectivity index (χ0) is 10.6. The molecule has 15 heavy (non-hydrogen) atoms. The molecule has 2 aromatic rings. The Morgan fingerprint density at radius 3 is 3.00 bits per heavy atom. The highest BCUT2D eigenvalue weighted by atomic mass is 16.5. The fourth-order valence-electron chi connectivity index (χ4n) is 2.27. The van der Waals surface area contributed by atoms with Crippen LogP contribution in [-0.4, -0.2) is 17.0 Å². The molecular formula is C12H11NO2. The van der Waals surface area contributed by atoms with Crippen LogP contribution in [0, 0.1) is 6.92 Å². The second kappa shape index (κ2) is 2.63. The molecule has 0 radical (unpaired) electrons. The van der Waals surface area contributed by atoms with Crippen LogP contribution in [0.5, 0.6) is 5.75 Å². The minimum Gasteiger partial charge on any atom is -0.485 e. The second-order valence-electron chi connectivity index (χ2n) is 3.97. The fraction of sp³-hybridized carbons (Fsp3) is 0.250. The van der Waals surface area contributed by atoms with Crippen LogP contribution < -0.4 is 4.74 Å². The van der Waals surface area contributed by atoms with E-state index in [0.717, 1.165) is 22.2 Å². The van der Waals surface area contributed by atoms with E-state index in [1.54, 1.807) is 0 Å². The van der Waals surface area contributed by atoms with Crippen molar-refractivity contribution in [3.05, 3.63) is 29.5 Å². The third-order valence-electron chi connectivity index (χ3n) is 2.95. The molecular weight excluding hydrogens is 190 g/mol. The molecule has 0 aliphatic carbocycles. The van der Waals surface area contributed by atoms with Gasteiger partial charge in [-0.2, -0.15) is 0 Å². The van der Waals surface area contributed by atoms with Crippen LogP contribution in [0.4, 0.5) is 0 Å². The van der Waals surface area contributed by atoms with Crippen LogP contribution in [-0.2, 0) is 7.05 Å². The molecule has 0 fully saturated rings. The normalized spacial score (nSPS) is 14.4. The van der Waals surface area contributed by atoms with Gasteiger partial charge in [-0.1, -0.05) is 6.07 Å². The van der Waals surface area contributed by atoms with Crippen LogP contribution in [0.1, 0.15) is 15.9 Å². The highest BCUT2D eigenvalue weighted by Crippen LogP contribution is 2.35. The minimum atomic E-state index is 0.0682. The minimum absolute atomic E-state index is 0.0682. The molecule has 0 N–H and O–H groups in total. The zero-order valence-electron chi connectivity index (χ0n) is 8.70. The van der Waals surface area contributed by atoms with E-state index >= 15 is 0 Å². The Hall–Kier alpha value is -1.77. The lowest BCUT2D eigenvalue weighted by Gasteiger charge is -2.13. The van der Waals surface area contributed by atoms with E-state index in [1.807, 2.05) is 36.9 Å². The van der Waals surface area contributed by atoms with Gasteiger partial charge in [-0.3, -0.25) is 4.79 Å². The smallest absolute Gasteiger partial charge is 0.202 e. The number of ether oxygens (including phenoxy) is 1. The predicted molar refractivity (Wildman–Crippen MR) is 57.5 cm³/mol. The van der Waals surface area contributed by atoms with Gasteiger partial charge in [-0.15, -0.1) is 0 Å². The average Bonchev–Trinajstić information content (AvgIpc) is 2.56. The van der Waals surface area contributed by atoms with Gasteiger partial charge in [0.05, 0.1) is 16.5 Å². The van der Waals surface area contributed by atoms with E-state index in [9.17, 15) is 4.79 Å². The van der Waals surface area contributed by atoms with Crippen molar-refractivity contribution in [3.8, 4) is 5.75 Å². The van der Waals surface area contributed by atoms with Gasteiger partial charge in [0.2, 0.25) is 5.78 Å². The van der Waals surface area contributed by atoms with Gasteiger partial charge in [-0.05, 0) is 18.6 Å². The van der Waals surface area contributed by atoms with Gasteiger partial charge in [-0.25, -0.2) is 0 Å². The molecule has 0 unspecified atom stereocenters. The molecule has 2 heterocycles. The molecule has 1 aromatic heterocycles. The van der Waals surface area contributed by atoms with E-state index in [4.69, 9.17) is 4.74 Å². The summed E-state index contributed by atoms with van der Waals surface area (Å²) in [6, 6.07) is 3.96. The van der Waals surface area contributed by atoms with Crippen LogP contribution in [0.2, 0.25) is 0 Å². The maximum Gasteiger partial charge on any atom is 0.202 e. The molecule has 1 aromatic carbocycles. The van der Waals surface area contributed by atoms with Gasteiger partial charge < -0.3 is 9.30 Å². The molecule has 3 rings (SSSR count). The number of aromatic nitrogens is 1. The average molecular weight is 201 g/mol. The van der Waals surface area contributed by atoms with Crippen molar-refractivity contribution < 1.29 is 9.53 Å². The van der Waals surface area contributed by atoms with Gasteiger partial charge in [0.25, 0.3) is 0 Å². The summed E-state index contributed by atoms with van der Waals surface area (Å²) < 4.78 is 7.41. The van der Waals surface area contributed by atoms with E-state index in [2.05, 4.69) is 0 Å². The standard InChI is InChI=1S/C12H11NO2/c1-7-3-4-10-11-8(9(14)6-15-10)5-13(2)12(7)11/h3-5H,6H2,1-2H3. The number of benzene rings is 1. The first kappa shape index (κ1) is 8.53. The van der Waals surface area contributed by atoms with Gasteiger partial charge >= 0.3 is 0 Å². The first-order chi connectivity index (χ1) is 7.18. The quantitative estimate of drug-likeness (QED) is 0.653. The van der Waals surface area contributed by atoms with Crippen molar-refractivity contribution >= 4 is 16.7 Å². The summed E-state index contributed by atoms with van der Waals surface area (Å²) in [5.74, 6) is 0.893. The first-order valence-corrected chi connectivity index (χ1v) is 4.93. The fourth-order valence-corrected chi connectivity index (χ4v) is 2.27. The third kappa shape index (κ3) is 0.975. The van der Waals surface area contributed by atoms with Crippen molar-refractivity contribution in [1.82, 2.24) is 4.57 Å². The summed E-state index contributed by atoms with van der Waals surface area (Å²) in [5, 5.41) is 0.966. The summed E-state index contributed by atoms with van der Waals surface area (Å²) >= 11 is 0. The zero-order valence-corrected chi connectivity index (χ0v) is 8.70. The van der Waals surface area contributed by atoms with E-state index in [0.29, 0.717) is 0 Å². The number of carbonyl (C=O) groups excluding carboxylic acids is 1. The number of hydrogen-bond acceptors (Lipinski definition) is 2. The molecule has 1 aliphatic rings. The lowest BCUT2D eigenvalue weighted by atomic mass is 10.0. The third-order valence-corrected chi connectivity index (χ3v) is 2.95. The summed E-state index contributed by atoms with van der Waals surface area (Å²) in [7, 11) is 1.96. The lowest BCUT2D eigenvalue weighted by Crippen LogP contribution is -2.15. The number of carbonyl (C=O) groups is 1. The summed E-state index contributed by atoms with van der Waals surface area (Å²) in [5.41, 5.74) is 3.05. The lowest BCUT2D eigenvalue weighted by molar-refractivity contribution is 0.0915. The van der Waals surface area contributed by atoms with Crippen molar-refractivity contribution in [2.75, 3.05) is 6.61 Å². The van der Waals surface area contributed by atoms with Crippen LogP contribution >= 0.6 is 0 Å². The highest BCUT2D eigenvalue weighted by Gasteiger charge is 2.23. The van der Waals surface area contributed by atoms with Gasteiger partial charge in [0.1, 0.15) is 5.75 Å². The molecule has 0 atom stereocenters. The Labute approximate surface area is 87.3 Å². The van der Waals surface area contributed by atoms with Crippen molar-refractivity contribution in [1.29, 1.82) is 0 Å². The largest absolute Gasteiger partial charge is 0.485 e. The molecule has 0 spiro atoms. The molecule has 3 heteroatoms. The van der Waals surface area contributed by atoms with Crippen molar-refractivity contribution in [2.24, 2.45) is 7.05 Å². The molecule has 0 saturated carbocycles. The van der Waals surface area contributed by atoms with E-state index in [1.165, 1.54) is 5.56 Å². The number of rotatable bonds is 0. The maximum absolute atomic E-state index is 11.7. The monoisotopic (exact) mass is 201 g/mol. The first-order valence-electron chi connectivity index (χ1n) is 4.93. The van der Waals surface area contributed by atoms with Gasteiger partial charge in [0, 0.05) is 13.2 Å². The van der Waals surface area contributed by atoms with Crippen molar-refractivity contribution in [2.45, 2.75) is 6.92 Å². The Kier molecular flexibility index (Phi) is 1.49. The Morgan fingerprint density at radius 1 is 1.40 bits per heavy atom. The topological polar surface area (TPSA) is 31.2 Å². The number of ketones is 1. The SMILES string of the molecule is Cc1ccc2c3c(cn(C)c13)C(=O)CO2. The number of Topliss-reactive ketones (excluding diaryl/α,β-unsaturated/α-hetero) is 1. The number of aryl methyl sites for hydroxylation is 2. The predicted octanol–water partition coefficient (Wildman–Crippen LogP) is 2.06. The van der Waals surface area contributed by atoms with Crippen LogP contribution in [0.3, 0.4) is 0 Å². The van der Waals surface area contributed by atoms with Crippen molar-refractivity contribution in [3.63, 3.8) is 0 Å². The molecule has 0 bridgehead atoms. The summed E-state index contributed by atoms with van der Waals surface area (Å²) in [6.07, 6.45) is 1.89. The molecule has 3 nitrogen and oxygen atoms in total. The molecule has 0 amide bonds. The Balaban J connectivity index is 2.55. The Bertz CT molecular complexity index is 581.